The number of carbonyl (C=O) groups excluding carboxylic acids is 1. The summed E-state index contributed by atoms with van der Waals surface area (Å²) in [7, 11) is 0. The zero-order chi connectivity index (χ0) is 9.78. The van der Waals surface area contributed by atoms with Crippen LogP contribution in [0.2, 0.25) is 0 Å². The molecule has 0 radical (unpaired) electrons. The lowest BCUT2D eigenvalue weighted by atomic mass is 9.82. The number of hydrogen-bond donors (Lipinski definition) is 0. The van der Waals surface area contributed by atoms with E-state index in [1.54, 1.807) is 0 Å². The summed E-state index contributed by atoms with van der Waals surface area (Å²) in [6.45, 7) is 8.29. The van der Waals surface area contributed by atoms with E-state index in [-0.39, 0.29) is 10.7 Å². The second-order valence-electron chi connectivity index (χ2n) is 4.12. The molecule has 0 aliphatic carbocycles. The lowest BCUT2D eigenvalue weighted by Gasteiger charge is -2.24. The zero-order valence-electron chi connectivity index (χ0n) is 8.48. The van der Waals surface area contributed by atoms with Gasteiger partial charge in [-0.1, -0.05) is 27.7 Å². The van der Waals surface area contributed by atoms with Crippen LogP contribution in [0.5, 0.6) is 0 Å². The van der Waals surface area contributed by atoms with Crippen LogP contribution in [0.3, 0.4) is 0 Å². The van der Waals surface area contributed by atoms with Gasteiger partial charge < -0.3 is 0 Å². The van der Waals surface area contributed by atoms with Crippen LogP contribution >= 0.6 is 11.6 Å². The molecule has 0 amide bonds. The van der Waals surface area contributed by atoms with Gasteiger partial charge in [-0.15, -0.1) is 0 Å². The van der Waals surface area contributed by atoms with Gasteiger partial charge in [-0.25, -0.2) is 0 Å². The van der Waals surface area contributed by atoms with Crippen LogP contribution in [0.25, 0.3) is 0 Å². The maximum atomic E-state index is 11.1. The maximum absolute atomic E-state index is 11.1. The van der Waals surface area contributed by atoms with E-state index in [0.29, 0.717) is 5.92 Å². The topological polar surface area (TPSA) is 17.1 Å². The minimum Gasteiger partial charge on any atom is -0.281 e. The molecule has 1 atom stereocenters. The van der Waals surface area contributed by atoms with Crippen molar-refractivity contribution in [2.24, 2.45) is 11.3 Å². The van der Waals surface area contributed by atoms with Crippen LogP contribution in [0.15, 0.2) is 0 Å². The average molecular weight is 191 g/mol. The number of hydrogen-bond acceptors (Lipinski definition) is 1. The normalized spacial score (nSPS) is 16.2. The minimum atomic E-state index is -0.300. The van der Waals surface area contributed by atoms with Gasteiger partial charge in [0.2, 0.25) is 5.24 Å². The molecule has 0 aliphatic heterocycles. The number of carbonyl (C=O) groups is 1. The smallest absolute Gasteiger partial charge is 0.227 e. The highest BCUT2D eigenvalue weighted by molar-refractivity contribution is 6.64. The molecule has 1 nitrogen and oxygen atoms in total. The Morgan fingerprint density at radius 3 is 2.25 bits per heavy atom. The summed E-state index contributed by atoms with van der Waals surface area (Å²) in [5.41, 5.74) is -0.300. The zero-order valence-corrected chi connectivity index (χ0v) is 9.24. The van der Waals surface area contributed by atoms with Crippen LogP contribution in [-0.4, -0.2) is 5.24 Å². The highest BCUT2D eigenvalue weighted by atomic mass is 35.5. The van der Waals surface area contributed by atoms with E-state index in [1.165, 1.54) is 0 Å². The molecule has 1 unspecified atom stereocenters. The Morgan fingerprint density at radius 2 is 2.00 bits per heavy atom. The molecular weight excluding hydrogens is 172 g/mol. The van der Waals surface area contributed by atoms with Crippen molar-refractivity contribution in [2.75, 3.05) is 0 Å². The standard InChI is InChI=1S/C10H19ClO/c1-5-10(4,9(11)12)7-6-8(2)3/h8H,5-7H2,1-4H3. The molecule has 0 aliphatic rings. The van der Waals surface area contributed by atoms with Gasteiger partial charge >= 0.3 is 0 Å². The van der Waals surface area contributed by atoms with E-state index >= 15 is 0 Å². The molecule has 0 rings (SSSR count). The lowest BCUT2D eigenvalue weighted by Crippen LogP contribution is -2.23. The van der Waals surface area contributed by atoms with Gasteiger partial charge in [0.15, 0.2) is 0 Å². The highest BCUT2D eigenvalue weighted by Gasteiger charge is 2.29. The van der Waals surface area contributed by atoms with Crippen molar-refractivity contribution in [1.82, 2.24) is 0 Å². The van der Waals surface area contributed by atoms with Gasteiger partial charge in [-0.05, 0) is 36.8 Å². The largest absolute Gasteiger partial charge is 0.281 e. The first-order valence-corrected chi connectivity index (χ1v) is 5.00. The molecule has 0 aromatic heterocycles. The van der Waals surface area contributed by atoms with Crippen LogP contribution in [0.1, 0.15) is 47.0 Å². The molecular formula is C10H19ClO. The van der Waals surface area contributed by atoms with Gasteiger partial charge in [0.05, 0.1) is 0 Å². The lowest BCUT2D eigenvalue weighted by molar-refractivity contribution is -0.120. The quantitative estimate of drug-likeness (QED) is 0.606. The predicted molar refractivity (Wildman–Crippen MR) is 53.3 cm³/mol. The van der Waals surface area contributed by atoms with Crippen molar-refractivity contribution >= 4 is 16.8 Å². The Hall–Kier alpha value is -0.0400. The van der Waals surface area contributed by atoms with Crippen molar-refractivity contribution in [3.8, 4) is 0 Å². The molecule has 0 fully saturated rings. The van der Waals surface area contributed by atoms with Gasteiger partial charge in [0, 0.05) is 5.41 Å². The van der Waals surface area contributed by atoms with E-state index in [1.807, 2.05) is 13.8 Å². The van der Waals surface area contributed by atoms with Crippen LogP contribution in [0.4, 0.5) is 0 Å². The van der Waals surface area contributed by atoms with E-state index in [0.717, 1.165) is 19.3 Å². The van der Waals surface area contributed by atoms with E-state index in [2.05, 4.69) is 13.8 Å². The van der Waals surface area contributed by atoms with Crippen molar-refractivity contribution in [3.05, 3.63) is 0 Å². The molecule has 0 spiro atoms. The molecule has 12 heavy (non-hydrogen) atoms. The number of rotatable bonds is 5. The summed E-state index contributed by atoms with van der Waals surface area (Å²) in [6, 6.07) is 0. The van der Waals surface area contributed by atoms with Crippen molar-refractivity contribution in [2.45, 2.75) is 47.0 Å². The van der Waals surface area contributed by atoms with E-state index in [9.17, 15) is 4.79 Å². The first-order valence-electron chi connectivity index (χ1n) is 4.62. The molecule has 0 saturated heterocycles. The molecule has 0 N–H and O–H groups in total. The fourth-order valence-corrected chi connectivity index (χ4v) is 1.25. The predicted octanol–water partition coefficient (Wildman–Crippen LogP) is 3.60. The third kappa shape index (κ3) is 3.57. The Balaban J connectivity index is 4.06. The molecule has 2 heteroatoms. The summed E-state index contributed by atoms with van der Waals surface area (Å²) in [5, 5.41) is -0.189. The van der Waals surface area contributed by atoms with Crippen LogP contribution in [-0.2, 0) is 4.79 Å². The minimum absolute atomic E-state index is 0.189. The molecule has 0 aromatic rings. The molecule has 0 bridgehead atoms. The van der Waals surface area contributed by atoms with Gasteiger partial charge in [-0.2, -0.15) is 0 Å². The highest BCUT2D eigenvalue weighted by Crippen LogP contribution is 2.31. The van der Waals surface area contributed by atoms with Gasteiger partial charge in [-0.3, -0.25) is 4.79 Å². The third-order valence-corrected chi connectivity index (χ3v) is 2.98. The second-order valence-corrected chi connectivity index (χ2v) is 4.46. The van der Waals surface area contributed by atoms with Gasteiger partial charge in [0.1, 0.15) is 0 Å². The summed E-state index contributed by atoms with van der Waals surface area (Å²) in [5.74, 6) is 0.645. The first kappa shape index (κ1) is 12.0. The third-order valence-electron chi connectivity index (χ3n) is 2.53. The summed E-state index contributed by atoms with van der Waals surface area (Å²) < 4.78 is 0. The van der Waals surface area contributed by atoms with Crippen LogP contribution in [0, 0.1) is 11.3 Å². The van der Waals surface area contributed by atoms with Gasteiger partial charge in [0.25, 0.3) is 0 Å². The average Bonchev–Trinajstić information content (AvgIpc) is 1.99. The molecule has 0 aromatic carbocycles. The summed E-state index contributed by atoms with van der Waals surface area (Å²) in [6.07, 6.45) is 2.81. The second kappa shape index (κ2) is 4.86. The first-order chi connectivity index (χ1) is 5.42. The Bertz CT molecular complexity index is 154. The van der Waals surface area contributed by atoms with E-state index in [4.69, 9.17) is 11.6 Å². The van der Waals surface area contributed by atoms with Crippen molar-refractivity contribution in [1.29, 1.82) is 0 Å². The summed E-state index contributed by atoms with van der Waals surface area (Å²) in [4.78, 5) is 11.1. The molecule has 0 saturated carbocycles. The Morgan fingerprint density at radius 1 is 1.50 bits per heavy atom. The fraction of sp³-hybridized carbons (Fsp3) is 0.900. The summed E-state index contributed by atoms with van der Waals surface area (Å²) >= 11 is 5.53. The Kier molecular flexibility index (Phi) is 4.84. The van der Waals surface area contributed by atoms with Crippen molar-refractivity contribution in [3.63, 3.8) is 0 Å². The fourth-order valence-electron chi connectivity index (χ4n) is 1.02. The Labute approximate surface area is 80.5 Å². The van der Waals surface area contributed by atoms with E-state index < -0.39 is 0 Å². The molecule has 0 heterocycles. The number of halogens is 1. The van der Waals surface area contributed by atoms with Crippen molar-refractivity contribution < 1.29 is 4.79 Å². The molecule has 72 valence electrons. The monoisotopic (exact) mass is 190 g/mol. The van der Waals surface area contributed by atoms with Crippen LogP contribution < -0.4 is 0 Å². The maximum Gasteiger partial charge on any atom is 0.227 e. The SMILES string of the molecule is CCC(C)(CCC(C)C)C(=O)Cl.